The fraction of sp³-hybridized carbons (Fsp3) is 0.160. The zero-order chi connectivity index (χ0) is 20.6. The van der Waals surface area contributed by atoms with Crippen LogP contribution in [-0.4, -0.2) is 12.2 Å². The van der Waals surface area contributed by atoms with Gasteiger partial charge < -0.3 is 9.47 Å². The van der Waals surface area contributed by atoms with E-state index in [1.165, 1.54) is 11.1 Å². The Kier molecular flexibility index (Phi) is 7.14. The molecule has 3 aromatic carbocycles. The second-order valence-electron chi connectivity index (χ2n) is 6.74. The van der Waals surface area contributed by atoms with Gasteiger partial charge in [-0.25, -0.2) is 4.99 Å². The van der Waals surface area contributed by atoms with E-state index in [0.717, 1.165) is 21.2 Å². The molecule has 0 aliphatic carbocycles. The molecule has 0 saturated carbocycles. The van der Waals surface area contributed by atoms with Gasteiger partial charge in [0, 0.05) is 10.5 Å². The van der Waals surface area contributed by atoms with Crippen LogP contribution in [0.15, 0.2) is 94.5 Å². The zero-order valence-corrected chi connectivity index (χ0v) is 18.0. The fourth-order valence-corrected chi connectivity index (χ4v) is 3.61. The summed E-state index contributed by atoms with van der Waals surface area (Å²) in [5.74, 6) is 1.37. The number of ether oxygens (including phenoxy) is 2. The molecule has 0 spiro atoms. The molecule has 0 unspecified atom stereocenters. The predicted molar refractivity (Wildman–Crippen MR) is 123 cm³/mol. The molecule has 0 amide bonds. The van der Waals surface area contributed by atoms with E-state index in [0.29, 0.717) is 11.5 Å². The maximum absolute atomic E-state index is 5.91. The molecule has 0 heterocycles. The monoisotopic (exact) mass is 403 g/mol. The van der Waals surface area contributed by atoms with Crippen LogP contribution in [0, 0.1) is 13.8 Å². The van der Waals surface area contributed by atoms with Gasteiger partial charge >= 0.3 is 0 Å². The Morgan fingerprint density at radius 1 is 0.862 bits per heavy atom. The molecule has 0 aliphatic heterocycles. The van der Waals surface area contributed by atoms with Crippen LogP contribution in [0.2, 0.25) is 0 Å². The third kappa shape index (κ3) is 6.00. The van der Waals surface area contributed by atoms with Crippen LogP contribution >= 0.6 is 11.8 Å². The highest BCUT2D eigenvalue weighted by Gasteiger charge is 2.09. The minimum Gasteiger partial charge on any atom is -0.493 e. The molecule has 0 bridgehead atoms. The molecular formula is C25H25NO2S. The Bertz CT molecular complexity index is 1020. The Hall–Kier alpha value is -2.98. The molecule has 0 N–H and O–H groups in total. The summed E-state index contributed by atoms with van der Waals surface area (Å²) in [6, 6.07) is 24.2. The highest BCUT2D eigenvalue weighted by atomic mass is 32.2. The molecule has 0 fully saturated rings. The summed E-state index contributed by atoms with van der Waals surface area (Å²) in [6.45, 7) is 6.17. The zero-order valence-electron chi connectivity index (χ0n) is 17.2. The van der Waals surface area contributed by atoms with Crippen LogP contribution in [0.5, 0.6) is 11.5 Å². The van der Waals surface area contributed by atoms with E-state index in [-0.39, 0.29) is 0 Å². The van der Waals surface area contributed by atoms with Gasteiger partial charge in [-0.3, -0.25) is 0 Å². The lowest BCUT2D eigenvalue weighted by molar-refractivity contribution is 0.377. The van der Waals surface area contributed by atoms with Gasteiger partial charge in [-0.2, -0.15) is 0 Å². The van der Waals surface area contributed by atoms with E-state index in [1.807, 2.05) is 43.3 Å². The first-order chi connectivity index (χ1) is 14.0. The number of nitrogens with zero attached hydrogens (tertiary/aromatic N) is 1. The van der Waals surface area contributed by atoms with Crippen LogP contribution in [0.3, 0.4) is 0 Å². The average molecular weight is 404 g/mol. The highest BCUT2D eigenvalue weighted by Crippen LogP contribution is 2.29. The smallest absolute Gasteiger partial charge is 0.168 e. The number of hydrogen-bond donors (Lipinski definition) is 0. The van der Waals surface area contributed by atoms with Crippen molar-refractivity contribution >= 4 is 22.5 Å². The quantitative estimate of drug-likeness (QED) is 0.190. The van der Waals surface area contributed by atoms with Crippen LogP contribution < -0.4 is 9.47 Å². The van der Waals surface area contributed by atoms with Crippen molar-refractivity contribution in [2.45, 2.75) is 25.7 Å². The van der Waals surface area contributed by atoms with E-state index in [2.05, 4.69) is 50.2 Å². The molecule has 0 saturated heterocycles. The van der Waals surface area contributed by atoms with Crippen molar-refractivity contribution in [3.63, 3.8) is 0 Å². The maximum Gasteiger partial charge on any atom is 0.168 e. The number of aryl methyl sites for hydroxylation is 2. The van der Waals surface area contributed by atoms with Crippen molar-refractivity contribution in [1.82, 2.24) is 0 Å². The number of rotatable bonds is 6. The lowest BCUT2D eigenvalue weighted by atomic mass is 10.2. The van der Waals surface area contributed by atoms with Gasteiger partial charge in [-0.15, -0.1) is 0 Å². The van der Waals surface area contributed by atoms with Gasteiger partial charge in [0.15, 0.2) is 11.5 Å². The molecule has 0 radical (unpaired) electrons. The van der Waals surface area contributed by atoms with E-state index in [4.69, 9.17) is 14.5 Å². The molecule has 3 rings (SSSR count). The van der Waals surface area contributed by atoms with Gasteiger partial charge in [0.2, 0.25) is 0 Å². The molecule has 29 heavy (non-hydrogen) atoms. The minimum atomic E-state index is 0.671. The first-order valence-corrected chi connectivity index (χ1v) is 10.2. The molecule has 3 aromatic rings. The summed E-state index contributed by atoms with van der Waals surface area (Å²) >= 11 is 1.63. The van der Waals surface area contributed by atoms with Gasteiger partial charge in [-0.1, -0.05) is 59.3 Å². The average Bonchev–Trinajstić information content (AvgIpc) is 2.73. The second-order valence-corrected chi connectivity index (χ2v) is 7.80. The number of hydrogen-bond acceptors (Lipinski definition) is 4. The Labute approximate surface area is 177 Å². The van der Waals surface area contributed by atoms with Crippen LogP contribution in [0.4, 0.5) is 5.69 Å². The first kappa shape index (κ1) is 20.7. The lowest BCUT2D eigenvalue weighted by Crippen LogP contribution is -1.98. The Morgan fingerprint density at radius 2 is 1.59 bits per heavy atom. The molecule has 148 valence electrons. The van der Waals surface area contributed by atoms with E-state index in [9.17, 15) is 0 Å². The largest absolute Gasteiger partial charge is 0.493 e. The topological polar surface area (TPSA) is 30.8 Å². The number of thioether (sulfide) groups is 1. The van der Waals surface area contributed by atoms with Gasteiger partial charge in [0.1, 0.15) is 5.04 Å². The van der Waals surface area contributed by atoms with Crippen molar-refractivity contribution in [2.75, 3.05) is 7.11 Å². The number of para-hydroxylation sites is 2. The number of aliphatic imine (C=N–C) groups is 1. The fourth-order valence-electron chi connectivity index (χ4n) is 2.64. The Balaban J connectivity index is 1.91. The third-order valence-electron chi connectivity index (χ3n) is 4.24. The summed E-state index contributed by atoms with van der Waals surface area (Å²) < 4.78 is 11.3. The van der Waals surface area contributed by atoms with Crippen LogP contribution in [0.1, 0.15) is 18.1 Å². The summed E-state index contributed by atoms with van der Waals surface area (Å²) in [4.78, 5) is 6.02. The molecule has 0 aliphatic rings. The Morgan fingerprint density at radius 3 is 2.28 bits per heavy atom. The third-order valence-corrected chi connectivity index (χ3v) is 5.33. The van der Waals surface area contributed by atoms with Crippen LogP contribution in [-0.2, 0) is 0 Å². The highest BCUT2D eigenvalue weighted by molar-refractivity contribution is 8.14. The minimum absolute atomic E-state index is 0.671. The lowest BCUT2D eigenvalue weighted by Gasteiger charge is -2.10. The van der Waals surface area contributed by atoms with Gasteiger partial charge in [-0.05, 0) is 57.2 Å². The van der Waals surface area contributed by atoms with E-state index in [1.54, 1.807) is 25.1 Å². The SMILES string of the molecule is COc1ccccc1O/C=C(C)/C(=N/c1ccc(C)cc1)Sc1cccc(C)c1. The molecular weight excluding hydrogens is 378 g/mol. The molecule has 0 aromatic heterocycles. The first-order valence-electron chi connectivity index (χ1n) is 9.42. The number of benzene rings is 3. The second kappa shape index (κ2) is 9.99. The standard InChI is InChI=1S/C25H25NO2S/c1-18-12-14-21(15-13-18)26-25(29-22-9-7-8-19(2)16-22)20(3)17-28-24-11-6-5-10-23(24)27-4/h5-17H,1-4H3/b20-17+,26-25-. The molecule has 0 atom stereocenters. The summed E-state index contributed by atoms with van der Waals surface area (Å²) in [5.41, 5.74) is 4.28. The van der Waals surface area contributed by atoms with E-state index >= 15 is 0 Å². The van der Waals surface area contributed by atoms with Gasteiger partial charge in [0.05, 0.1) is 19.1 Å². The maximum atomic E-state index is 5.91. The van der Waals surface area contributed by atoms with Crippen molar-refractivity contribution in [2.24, 2.45) is 4.99 Å². The summed E-state index contributed by atoms with van der Waals surface area (Å²) in [7, 11) is 1.64. The molecule has 4 heteroatoms. The molecule has 3 nitrogen and oxygen atoms in total. The van der Waals surface area contributed by atoms with Crippen molar-refractivity contribution in [1.29, 1.82) is 0 Å². The summed E-state index contributed by atoms with van der Waals surface area (Å²) in [6.07, 6.45) is 1.73. The predicted octanol–water partition coefficient (Wildman–Crippen LogP) is 7.12. The van der Waals surface area contributed by atoms with E-state index < -0.39 is 0 Å². The van der Waals surface area contributed by atoms with Crippen molar-refractivity contribution in [3.8, 4) is 11.5 Å². The number of methoxy groups -OCH3 is 1. The van der Waals surface area contributed by atoms with Crippen LogP contribution in [0.25, 0.3) is 0 Å². The normalized spacial score (nSPS) is 12.0. The van der Waals surface area contributed by atoms with Crippen molar-refractivity contribution < 1.29 is 9.47 Å². The van der Waals surface area contributed by atoms with Crippen molar-refractivity contribution in [3.05, 3.63) is 95.8 Å². The van der Waals surface area contributed by atoms with Gasteiger partial charge in [0.25, 0.3) is 0 Å². The summed E-state index contributed by atoms with van der Waals surface area (Å²) in [5, 5.41) is 0.884.